The normalized spacial score (nSPS) is 12.2. The summed E-state index contributed by atoms with van der Waals surface area (Å²) >= 11 is 1.30. The number of aromatic nitrogens is 2. The van der Waals surface area contributed by atoms with Gasteiger partial charge < -0.3 is 9.26 Å². The maximum Gasteiger partial charge on any atom is 0.341 e. The van der Waals surface area contributed by atoms with Crippen LogP contribution in [0.5, 0.6) is 0 Å². The third-order valence-corrected chi connectivity index (χ3v) is 5.80. The van der Waals surface area contributed by atoms with Crippen LogP contribution in [0.25, 0.3) is 0 Å². The minimum Gasteiger partial charge on any atom is -0.451 e. The predicted molar refractivity (Wildman–Crippen MR) is 119 cm³/mol. The molecule has 0 aliphatic heterocycles. The van der Waals surface area contributed by atoms with Crippen LogP contribution in [0.1, 0.15) is 39.1 Å². The van der Waals surface area contributed by atoms with E-state index in [4.69, 9.17) is 9.26 Å². The standard InChI is InChI=1S/C21H21N3O6S2/c1-13-11-17(23-30-13)12-31-20-18(5-4-10-22-20)21(26)29-14(2)19(25)15-6-8-16(9-7-15)24-32(3,27)28/h4-11,14,24H,12H2,1-3H3. The van der Waals surface area contributed by atoms with Gasteiger partial charge in [-0.2, -0.15) is 0 Å². The van der Waals surface area contributed by atoms with Crippen LogP contribution >= 0.6 is 11.8 Å². The highest BCUT2D eigenvalue weighted by Gasteiger charge is 2.23. The molecule has 0 spiro atoms. The predicted octanol–water partition coefficient (Wildman–Crippen LogP) is 3.47. The summed E-state index contributed by atoms with van der Waals surface area (Å²) in [6.45, 7) is 3.27. The van der Waals surface area contributed by atoms with Crippen LogP contribution in [0.3, 0.4) is 0 Å². The van der Waals surface area contributed by atoms with E-state index in [1.165, 1.54) is 43.0 Å². The lowest BCUT2D eigenvalue weighted by Crippen LogP contribution is -2.25. The van der Waals surface area contributed by atoms with Crippen molar-refractivity contribution in [1.82, 2.24) is 10.1 Å². The van der Waals surface area contributed by atoms with Gasteiger partial charge in [0.2, 0.25) is 15.8 Å². The van der Waals surface area contributed by atoms with Gasteiger partial charge in [-0.25, -0.2) is 18.2 Å². The first kappa shape index (κ1) is 23.5. The maximum absolute atomic E-state index is 12.7. The number of hydrogen-bond acceptors (Lipinski definition) is 9. The van der Waals surface area contributed by atoms with Gasteiger partial charge in [-0.05, 0) is 50.2 Å². The molecule has 0 fully saturated rings. The fourth-order valence-corrected chi connectivity index (χ4v) is 4.15. The Morgan fingerprint density at radius 3 is 2.56 bits per heavy atom. The molecular weight excluding hydrogens is 454 g/mol. The van der Waals surface area contributed by atoms with E-state index in [9.17, 15) is 18.0 Å². The van der Waals surface area contributed by atoms with E-state index in [0.29, 0.717) is 22.2 Å². The molecule has 11 heteroatoms. The van der Waals surface area contributed by atoms with Gasteiger partial charge in [-0.15, -0.1) is 0 Å². The lowest BCUT2D eigenvalue weighted by Gasteiger charge is -2.14. The smallest absolute Gasteiger partial charge is 0.341 e. The fraction of sp³-hybridized carbons (Fsp3) is 0.238. The number of pyridine rings is 1. The summed E-state index contributed by atoms with van der Waals surface area (Å²) in [6.07, 6.45) is 1.55. The highest BCUT2D eigenvalue weighted by molar-refractivity contribution is 7.98. The molecule has 2 heterocycles. The van der Waals surface area contributed by atoms with Gasteiger partial charge in [0, 0.05) is 29.3 Å². The molecule has 168 valence electrons. The second kappa shape index (κ2) is 9.96. The van der Waals surface area contributed by atoms with Gasteiger partial charge in [0.1, 0.15) is 10.8 Å². The maximum atomic E-state index is 12.7. The largest absolute Gasteiger partial charge is 0.451 e. The van der Waals surface area contributed by atoms with Gasteiger partial charge >= 0.3 is 5.97 Å². The lowest BCUT2D eigenvalue weighted by atomic mass is 10.1. The molecule has 3 aromatic rings. The highest BCUT2D eigenvalue weighted by Crippen LogP contribution is 2.25. The third-order valence-electron chi connectivity index (χ3n) is 4.15. The number of hydrogen-bond donors (Lipinski definition) is 1. The number of nitrogens with zero attached hydrogens (tertiary/aromatic N) is 2. The summed E-state index contributed by atoms with van der Waals surface area (Å²) in [6, 6.07) is 10.8. The van der Waals surface area contributed by atoms with Crippen molar-refractivity contribution in [2.24, 2.45) is 0 Å². The number of carbonyl (C=O) groups excluding carboxylic acids is 2. The summed E-state index contributed by atoms with van der Waals surface area (Å²) in [5.41, 5.74) is 1.57. The molecule has 0 saturated carbocycles. The fourth-order valence-electron chi connectivity index (χ4n) is 2.72. The molecule has 1 unspecified atom stereocenters. The molecule has 0 amide bonds. The Morgan fingerprint density at radius 1 is 1.22 bits per heavy atom. The van der Waals surface area contributed by atoms with Crippen LogP contribution in [0.4, 0.5) is 5.69 Å². The Bertz CT molecular complexity index is 1220. The van der Waals surface area contributed by atoms with Crippen molar-refractivity contribution in [2.45, 2.75) is 30.7 Å². The van der Waals surface area contributed by atoms with E-state index in [1.807, 2.05) is 0 Å². The van der Waals surface area contributed by atoms with Gasteiger partial charge in [-0.1, -0.05) is 16.9 Å². The number of ether oxygens (including phenoxy) is 1. The quantitative estimate of drug-likeness (QED) is 0.281. The Labute approximate surface area is 189 Å². The molecule has 3 rings (SSSR count). The molecule has 2 aromatic heterocycles. The Morgan fingerprint density at radius 2 is 1.94 bits per heavy atom. The van der Waals surface area contributed by atoms with Crippen LogP contribution in [-0.4, -0.2) is 42.7 Å². The minimum atomic E-state index is -3.42. The molecule has 1 N–H and O–H groups in total. The monoisotopic (exact) mass is 475 g/mol. The van der Waals surface area contributed by atoms with Gasteiger partial charge in [0.05, 0.1) is 17.5 Å². The Kier molecular flexibility index (Phi) is 7.31. The average Bonchev–Trinajstić information content (AvgIpc) is 3.16. The molecule has 0 aliphatic rings. The van der Waals surface area contributed by atoms with Gasteiger partial charge in [0.25, 0.3) is 0 Å². The summed E-state index contributed by atoms with van der Waals surface area (Å²) in [4.78, 5) is 29.6. The molecule has 32 heavy (non-hydrogen) atoms. The molecule has 0 bridgehead atoms. The van der Waals surface area contributed by atoms with Crippen molar-refractivity contribution < 1.29 is 27.3 Å². The number of sulfonamides is 1. The second-order valence-corrected chi connectivity index (χ2v) is 9.65. The number of anilines is 1. The van der Waals surface area contributed by atoms with Gasteiger partial charge in [0.15, 0.2) is 6.10 Å². The van der Waals surface area contributed by atoms with Crippen LogP contribution in [-0.2, 0) is 20.5 Å². The average molecular weight is 476 g/mol. The van der Waals surface area contributed by atoms with Crippen molar-refractivity contribution >= 4 is 39.2 Å². The third kappa shape index (κ3) is 6.41. The first-order chi connectivity index (χ1) is 15.1. The van der Waals surface area contributed by atoms with E-state index >= 15 is 0 Å². The van der Waals surface area contributed by atoms with Crippen LogP contribution in [0.2, 0.25) is 0 Å². The number of carbonyl (C=O) groups is 2. The number of Topliss-reactive ketones (excluding diaryl/α,β-unsaturated/α-hetero) is 1. The van der Waals surface area contributed by atoms with Crippen molar-refractivity contribution in [1.29, 1.82) is 0 Å². The van der Waals surface area contributed by atoms with Crippen LogP contribution in [0.15, 0.2) is 58.2 Å². The highest BCUT2D eigenvalue weighted by atomic mass is 32.2. The first-order valence-electron chi connectivity index (χ1n) is 9.45. The van der Waals surface area contributed by atoms with Crippen molar-refractivity contribution in [3.05, 3.63) is 71.2 Å². The number of ketones is 1. The van der Waals surface area contributed by atoms with E-state index in [1.54, 1.807) is 31.3 Å². The molecule has 9 nitrogen and oxygen atoms in total. The first-order valence-corrected chi connectivity index (χ1v) is 12.3. The van der Waals surface area contributed by atoms with Gasteiger partial charge in [-0.3, -0.25) is 9.52 Å². The van der Waals surface area contributed by atoms with Crippen LogP contribution in [0, 0.1) is 6.92 Å². The zero-order valence-corrected chi connectivity index (χ0v) is 19.2. The molecule has 0 saturated heterocycles. The Hall–Kier alpha value is -3.18. The zero-order chi connectivity index (χ0) is 23.3. The zero-order valence-electron chi connectivity index (χ0n) is 17.6. The number of aryl methyl sites for hydroxylation is 1. The SMILES string of the molecule is Cc1cc(CSc2ncccc2C(=O)OC(C)C(=O)c2ccc(NS(C)(=O)=O)cc2)no1. The second-order valence-electron chi connectivity index (χ2n) is 6.94. The molecule has 1 aromatic carbocycles. The van der Waals surface area contributed by atoms with E-state index < -0.39 is 27.9 Å². The Balaban J connectivity index is 1.65. The number of thioether (sulfide) groups is 1. The molecule has 1 atom stereocenters. The minimum absolute atomic E-state index is 0.241. The molecule has 0 radical (unpaired) electrons. The van der Waals surface area contributed by atoms with E-state index in [2.05, 4.69) is 14.9 Å². The van der Waals surface area contributed by atoms with E-state index in [0.717, 1.165) is 11.9 Å². The lowest BCUT2D eigenvalue weighted by molar-refractivity contribution is 0.0314. The summed E-state index contributed by atoms with van der Waals surface area (Å²) in [5.74, 6) is 0.0547. The summed E-state index contributed by atoms with van der Waals surface area (Å²) < 4.78 is 35.3. The number of esters is 1. The van der Waals surface area contributed by atoms with Crippen molar-refractivity contribution in [3.8, 4) is 0 Å². The molecular formula is C21H21N3O6S2. The van der Waals surface area contributed by atoms with Crippen LogP contribution < -0.4 is 4.72 Å². The van der Waals surface area contributed by atoms with E-state index in [-0.39, 0.29) is 11.1 Å². The number of rotatable bonds is 9. The number of nitrogens with one attached hydrogen (secondary N) is 1. The van der Waals surface area contributed by atoms with Crippen molar-refractivity contribution in [2.75, 3.05) is 11.0 Å². The van der Waals surface area contributed by atoms with Crippen molar-refractivity contribution in [3.63, 3.8) is 0 Å². The summed E-state index contributed by atoms with van der Waals surface area (Å²) in [7, 11) is -3.42. The molecule has 0 aliphatic carbocycles. The topological polar surface area (TPSA) is 128 Å². The number of benzene rings is 1. The summed E-state index contributed by atoms with van der Waals surface area (Å²) in [5, 5.41) is 4.37.